The van der Waals surface area contributed by atoms with Gasteiger partial charge in [0.25, 0.3) is 0 Å². The first-order valence-corrected chi connectivity index (χ1v) is 7.99. The Kier molecular flexibility index (Phi) is 4.21. The lowest BCUT2D eigenvalue weighted by Crippen LogP contribution is -2.32. The molecule has 0 amide bonds. The smallest absolute Gasteiger partial charge is 0.151 e. The minimum Gasteiger partial charge on any atom is -0.380 e. The van der Waals surface area contributed by atoms with Crippen molar-refractivity contribution in [3.8, 4) is 0 Å². The lowest BCUT2D eigenvalue weighted by molar-refractivity contribution is 0.128. The molecule has 94 valence electrons. The molecule has 0 aromatic rings. The van der Waals surface area contributed by atoms with E-state index in [2.05, 4.69) is 5.32 Å². The van der Waals surface area contributed by atoms with Crippen LogP contribution in [0.1, 0.15) is 25.7 Å². The molecule has 1 saturated carbocycles. The van der Waals surface area contributed by atoms with E-state index in [1.165, 1.54) is 19.3 Å². The maximum atomic E-state index is 11.2. The standard InChI is InChI=1S/C11H21NO3S/c13-16(14)8-4-11(9-16)12-5-7-15-6-3-10-1-2-10/h10-12H,1-9H2. The molecule has 5 heteroatoms. The second-order valence-electron chi connectivity index (χ2n) is 4.90. The number of ether oxygens (including phenoxy) is 1. The van der Waals surface area contributed by atoms with E-state index in [-0.39, 0.29) is 6.04 Å². The molecule has 16 heavy (non-hydrogen) atoms. The maximum Gasteiger partial charge on any atom is 0.151 e. The fraction of sp³-hybridized carbons (Fsp3) is 1.00. The Hall–Kier alpha value is -0.130. The molecule has 1 unspecified atom stereocenters. The summed E-state index contributed by atoms with van der Waals surface area (Å²) < 4.78 is 27.9. The molecule has 1 heterocycles. The molecule has 0 bridgehead atoms. The predicted octanol–water partition coefficient (Wildman–Crippen LogP) is 0.580. The fourth-order valence-corrected chi connectivity index (χ4v) is 3.76. The van der Waals surface area contributed by atoms with Crippen LogP contribution < -0.4 is 5.32 Å². The van der Waals surface area contributed by atoms with Crippen LogP contribution in [0.25, 0.3) is 0 Å². The monoisotopic (exact) mass is 247 g/mol. The van der Waals surface area contributed by atoms with Gasteiger partial charge in [-0.15, -0.1) is 0 Å². The van der Waals surface area contributed by atoms with Gasteiger partial charge in [0, 0.05) is 19.2 Å². The third-order valence-electron chi connectivity index (χ3n) is 3.28. The Morgan fingerprint density at radius 1 is 1.19 bits per heavy atom. The van der Waals surface area contributed by atoms with Crippen LogP contribution in [0.5, 0.6) is 0 Å². The average molecular weight is 247 g/mol. The van der Waals surface area contributed by atoms with Gasteiger partial charge in [0.05, 0.1) is 18.1 Å². The normalized spacial score (nSPS) is 28.4. The van der Waals surface area contributed by atoms with Crippen LogP contribution in [-0.2, 0) is 14.6 Å². The summed E-state index contributed by atoms with van der Waals surface area (Å²) in [6.45, 7) is 2.32. The Bertz CT molecular complexity index is 311. The zero-order valence-electron chi connectivity index (χ0n) is 9.65. The van der Waals surface area contributed by atoms with E-state index in [0.717, 1.165) is 25.5 Å². The predicted molar refractivity (Wildman–Crippen MR) is 63.2 cm³/mol. The summed E-state index contributed by atoms with van der Waals surface area (Å²) in [6, 6.07) is 0.150. The highest BCUT2D eigenvalue weighted by molar-refractivity contribution is 7.91. The summed E-state index contributed by atoms with van der Waals surface area (Å²) in [6.07, 6.45) is 4.70. The molecule has 1 aliphatic carbocycles. The average Bonchev–Trinajstić information content (AvgIpc) is 2.97. The van der Waals surface area contributed by atoms with Crippen LogP contribution in [0.15, 0.2) is 0 Å². The van der Waals surface area contributed by atoms with E-state index >= 15 is 0 Å². The molecule has 0 spiro atoms. The molecule has 4 nitrogen and oxygen atoms in total. The van der Waals surface area contributed by atoms with E-state index < -0.39 is 9.84 Å². The molecule has 1 aliphatic heterocycles. The van der Waals surface area contributed by atoms with Gasteiger partial charge in [0.2, 0.25) is 0 Å². The molecule has 0 radical (unpaired) electrons. The number of sulfone groups is 1. The fourth-order valence-electron chi connectivity index (χ4n) is 2.05. The van der Waals surface area contributed by atoms with Crippen molar-refractivity contribution in [2.45, 2.75) is 31.7 Å². The van der Waals surface area contributed by atoms with Crippen LogP contribution in [0.4, 0.5) is 0 Å². The summed E-state index contributed by atoms with van der Waals surface area (Å²) in [5, 5.41) is 3.24. The van der Waals surface area contributed by atoms with Gasteiger partial charge >= 0.3 is 0 Å². The first kappa shape index (κ1) is 12.3. The molecule has 1 saturated heterocycles. The third kappa shape index (κ3) is 4.39. The SMILES string of the molecule is O=S1(=O)CCC(NCCOCCC2CC2)C1. The molecule has 0 aromatic heterocycles. The zero-order valence-corrected chi connectivity index (χ0v) is 10.5. The molecule has 1 N–H and O–H groups in total. The van der Waals surface area contributed by atoms with Crippen LogP contribution in [0.2, 0.25) is 0 Å². The van der Waals surface area contributed by atoms with Crippen molar-refractivity contribution < 1.29 is 13.2 Å². The quantitative estimate of drug-likeness (QED) is 0.669. The van der Waals surface area contributed by atoms with Gasteiger partial charge in [-0.05, 0) is 18.8 Å². The Labute approximate surface area is 97.7 Å². The van der Waals surface area contributed by atoms with Gasteiger partial charge in [-0.1, -0.05) is 12.8 Å². The highest BCUT2D eigenvalue weighted by atomic mass is 32.2. The van der Waals surface area contributed by atoms with Gasteiger partial charge in [-0.2, -0.15) is 0 Å². The molecule has 2 fully saturated rings. The van der Waals surface area contributed by atoms with Gasteiger partial charge < -0.3 is 10.1 Å². The van der Waals surface area contributed by atoms with Crippen molar-refractivity contribution in [3.63, 3.8) is 0 Å². The number of nitrogens with one attached hydrogen (secondary N) is 1. The van der Waals surface area contributed by atoms with Crippen LogP contribution in [-0.4, -0.2) is 45.7 Å². The topological polar surface area (TPSA) is 55.4 Å². The molecular weight excluding hydrogens is 226 g/mol. The number of hydrogen-bond donors (Lipinski definition) is 1. The summed E-state index contributed by atoms with van der Waals surface area (Å²) >= 11 is 0. The minimum atomic E-state index is -2.75. The molecule has 2 rings (SSSR count). The minimum absolute atomic E-state index is 0.150. The Morgan fingerprint density at radius 3 is 2.62 bits per heavy atom. The molecule has 2 aliphatic rings. The maximum absolute atomic E-state index is 11.2. The van der Waals surface area contributed by atoms with Gasteiger partial charge in [-0.25, -0.2) is 8.42 Å². The van der Waals surface area contributed by atoms with Crippen molar-refractivity contribution in [1.29, 1.82) is 0 Å². The van der Waals surface area contributed by atoms with Crippen molar-refractivity contribution >= 4 is 9.84 Å². The van der Waals surface area contributed by atoms with Crippen LogP contribution in [0, 0.1) is 5.92 Å². The van der Waals surface area contributed by atoms with Crippen LogP contribution >= 0.6 is 0 Å². The number of hydrogen-bond acceptors (Lipinski definition) is 4. The Morgan fingerprint density at radius 2 is 2.00 bits per heavy atom. The van der Waals surface area contributed by atoms with Crippen molar-refractivity contribution in [2.75, 3.05) is 31.3 Å². The van der Waals surface area contributed by atoms with E-state index in [0.29, 0.717) is 18.1 Å². The van der Waals surface area contributed by atoms with Crippen molar-refractivity contribution in [2.24, 2.45) is 5.92 Å². The van der Waals surface area contributed by atoms with Gasteiger partial charge in [0.1, 0.15) is 0 Å². The zero-order chi connectivity index (χ0) is 11.4. The third-order valence-corrected chi connectivity index (χ3v) is 5.05. The van der Waals surface area contributed by atoms with E-state index in [4.69, 9.17) is 4.74 Å². The largest absolute Gasteiger partial charge is 0.380 e. The first-order chi connectivity index (χ1) is 7.66. The summed E-state index contributed by atoms with van der Waals surface area (Å²) in [5.41, 5.74) is 0. The van der Waals surface area contributed by atoms with Crippen LogP contribution in [0.3, 0.4) is 0 Å². The van der Waals surface area contributed by atoms with E-state index in [1.807, 2.05) is 0 Å². The van der Waals surface area contributed by atoms with E-state index in [9.17, 15) is 8.42 Å². The summed E-state index contributed by atoms with van der Waals surface area (Å²) in [4.78, 5) is 0. The molecular formula is C11H21NO3S. The second-order valence-corrected chi connectivity index (χ2v) is 7.13. The molecule has 0 aromatic carbocycles. The van der Waals surface area contributed by atoms with Gasteiger partial charge in [-0.3, -0.25) is 0 Å². The highest BCUT2D eigenvalue weighted by Gasteiger charge is 2.27. The lowest BCUT2D eigenvalue weighted by atomic mass is 10.3. The lowest BCUT2D eigenvalue weighted by Gasteiger charge is -2.10. The van der Waals surface area contributed by atoms with E-state index in [1.54, 1.807) is 0 Å². The second kappa shape index (κ2) is 5.47. The van der Waals surface area contributed by atoms with Crippen molar-refractivity contribution in [1.82, 2.24) is 5.32 Å². The highest BCUT2D eigenvalue weighted by Crippen LogP contribution is 2.31. The van der Waals surface area contributed by atoms with Gasteiger partial charge in [0.15, 0.2) is 9.84 Å². The summed E-state index contributed by atoms with van der Waals surface area (Å²) in [5.74, 6) is 1.57. The van der Waals surface area contributed by atoms with Crippen molar-refractivity contribution in [3.05, 3.63) is 0 Å². The first-order valence-electron chi connectivity index (χ1n) is 6.17. The number of rotatable bonds is 7. The Balaban J connectivity index is 1.45. The molecule has 1 atom stereocenters. The summed E-state index contributed by atoms with van der Waals surface area (Å²) in [7, 11) is -2.75.